The molecule has 0 fully saturated rings. The predicted molar refractivity (Wildman–Crippen MR) is 259 cm³/mol. The molecule has 0 bridgehead atoms. The van der Waals surface area contributed by atoms with Gasteiger partial charge in [-0.25, -0.2) is 4.98 Å². The fourth-order valence-electron chi connectivity index (χ4n) is 7.92. The van der Waals surface area contributed by atoms with Gasteiger partial charge in [-0.3, -0.25) is 0 Å². The van der Waals surface area contributed by atoms with Crippen LogP contribution in [0.1, 0.15) is 132 Å². The van der Waals surface area contributed by atoms with Crippen molar-refractivity contribution in [1.29, 1.82) is 0 Å². The second kappa shape index (κ2) is 16.6. The van der Waals surface area contributed by atoms with Crippen LogP contribution in [0.15, 0.2) is 109 Å². The number of ether oxygens (including phenoxy) is 1. The maximum atomic E-state index is 6.69. The molecule has 7 heteroatoms. The largest absolute Gasteiger partial charge is 0.510 e. The Hall–Kier alpha value is -5.32. The van der Waals surface area contributed by atoms with E-state index < -0.39 is 0 Å². The number of benzene rings is 5. The third-order valence-electron chi connectivity index (χ3n) is 12.0. The van der Waals surface area contributed by atoms with Gasteiger partial charge in [-0.2, -0.15) is 22.9 Å². The van der Waals surface area contributed by atoms with Crippen molar-refractivity contribution in [3.8, 4) is 40.1 Å². The fraction of sp³-hybridized carbons (Fsp3) is 0.351. The van der Waals surface area contributed by atoms with Crippen molar-refractivity contribution >= 4 is 21.8 Å². The molecule has 3 heterocycles. The summed E-state index contributed by atoms with van der Waals surface area (Å²) in [4.78, 5) is 4.86. The van der Waals surface area contributed by atoms with Crippen molar-refractivity contribution in [1.82, 2.24) is 19.2 Å². The van der Waals surface area contributed by atoms with E-state index in [0.29, 0.717) is 11.5 Å². The normalized spacial score (nSPS) is 12.8. The van der Waals surface area contributed by atoms with Crippen LogP contribution in [0.2, 0.25) is 0 Å². The number of aromatic nitrogens is 5. The predicted octanol–water partition coefficient (Wildman–Crippen LogP) is 14.0. The summed E-state index contributed by atoms with van der Waals surface area (Å²) in [5, 5.41) is 7.61. The van der Waals surface area contributed by atoms with Gasteiger partial charge < -0.3 is 13.9 Å². The van der Waals surface area contributed by atoms with Crippen LogP contribution in [0.5, 0.6) is 11.5 Å². The average Bonchev–Trinajstić information content (AvgIpc) is 3.79. The Morgan fingerprint density at radius 2 is 1.09 bits per heavy atom. The summed E-state index contributed by atoms with van der Waals surface area (Å²) in [6.07, 6.45) is 5.57. The van der Waals surface area contributed by atoms with E-state index in [0.717, 1.165) is 50.4 Å². The number of rotatable bonds is 6. The van der Waals surface area contributed by atoms with E-state index in [4.69, 9.17) is 14.8 Å². The third kappa shape index (κ3) is 9.41. The minimum absolute atomic E-state index is 0. The van der Waals surface area contributed by atoms with E-state index in [1.54, 1.807) is 0 Å². The molecular formula is C57H63N5OPt-2. The van der Waals surface area contributed by atoms with Crippen molar-refractivity contribution in [3.63, 3.8) is 0 Å². The van der Waals surface area contributed by atoms with Crippen LogP contribution in [0, 0.1) is 18.5 Å². The number of fused-ring (bicyclic) bond motifs is 3. The molecule has 0 amide bonds. The van der Waals surface area contributed by atoms with Crippen LogP contribution in [-0.4, -0.2) is 19.2 Å². The van der Waals surface area contributed by atoms with Crippen molar-refractivity contribution in [3.05, 3.63) is 156 Å². The van der Waals surface area contributed by atoms with E-state index in [-0.39, 0.29) is 48.1 Å². The Balaban J connectivity index is 0.00000612. The molecule has 0 N–H and O–H groups in total. The minimum atomic E-state index is -0.0790. The van der Waals surface area contributed by atoms with Gasteiger partial charge in [-0.05, 0) is 78.5 Å². The summed E-state index contributed by atoms with van der Waals surface area (Å²) in [7, 11) is 0. The number of para-hydroxylation sites is 1. The van der Waals surface area contributed by atoms with Gasteiger partial charge in [0, 0.05) is 49.8 Å². The molecule has 5 aromatic carbocycles. The van der Waals surface area contributed by atoms with Gasteiger partial charge in [-0.15, -0.1) is 34.8 Å². The molecule has 0 atom stereocenters. The first-order valence-electron chi connectivity index (χ1n) is 22.2. The molecule has 0 radical (unpaired) electrons. The Bertz CT molecular complexity index is 2940. The molecular weight excluding hydrogens is 966 g/mol. The molecule has 0 unspecified atom stereocenters. The molecule has 6 nitrogen and oxygen atoms in total. The fourth-order valence-corrected chi connectivity index (χ4v) is 7.92. The number of pyridine rings is 1. The molecule has 8 rings (SSSR count). The monoisotopic (exact) mass is 1030 g/mol. The van der Waals surface area contributed by atoms with Crippen molar-refractivity contribution in [2.24, 2.45) is 0 Å². The Morgan fingerprint density at radius 1 is 0.531 bits per heavy atom. The smallest absolute Gasteiger partial charge is 0.272 e. The van der Waals surface area contributed by atoms with Gasteiger partial charge >= 0.3 is 0 Å². The standard InChI is InChI=1S/C57H63N5O.Pt/c1-53(2,3)38-25-26-58-51(33-38)62-49-22-17-16-21-47(49)48-24-23-46(35-50(48)62)63-45-20-18-19-43(34-45)60-36-61(44-31-41(56(10,11)12)30-42(32-44)57(13,14)15)59-52(60)37-27-39(54(4,5)6)29-40(28-37)55(7,8)9;/h16-33H,1-15H3;/q-2;. The van der Waals surface area contributed by atoms with Gasteiger partial charge in [0.15, 0.2) is 5.82 Å². The van der Waals surface area contributed by atoms with Gasteiger partial charge in [-0.1, -0.05) is 170 Å². The van der Waals surface area contributed by atoms with Crippen LogP contribution >= 0.6 is 0 Å². The zero-order chi connectivity index (χ0) is 45.4. The number of hydrogen-bond acceptors (Lipinski definition) is 3. The third-order valence-corrected chi connectivity index (χ3v) is 12.0. The molecule has 0 aliphatic heterocycles. The zero-order valence-electron chi connectivity index (χ0n) is 40.4. The maximum absolute atomic E-state index is 6.69. The van der Waals surface area contributed by atoms with Gasteiger partial charge in [0.05, 0.1) is 5.69 Å². The van der Waals surface area contributed by atoms with E-state index in [1.807, 2.05) is 39.7 Å². The van der Waals surface area contributed by atoms with Gasteiger partial charge in [0.2, 0.25) is 0 Å². The zero-order valence-corrected chi connectivity index (χ0v) is 42.6. The van der Waals surface area contributed by atoms with Gasteiger partial charge in [0.25, 0.3) is 6.33 Å². The van der Waals surface area contributed by atoms with Crippen molar-refractivity contribution in [2.45, 2.75) is 131 Å². The van der Waals surface area contributed by atoms with Crippen LogP contribution in [0.3, 0.4) is 0 Å². The van der Waals surface area contributed by atoms with Crippen LogP contribution in [0.4, 0.5) is 0 Å². The first-order chi connectivity index (χ1) is 29.3. The topological polar surface area (TPSA) is 48.8 Å². The second-order valence-corrected chi connectivity index (χ2v) is 22.3. The van der Waals surface area contributed by atoms with E-state index in [1.165, 1.54) is 27.8 Å². The molecule has 3 aromatic heterocycles. The van der Waals surface area contributed by atoms with E-state index in [9.17, 15) is 0 Å². The van der Waals surface area contributed by atoms with Crippen molar-refractivity contribution < 1.29 is 30.5 Å². The summed E-state index contributed by atoms with van der Waals surface area (Å²) in [5.41, 5.74) is 10.6. The molecule has 334 valence electrons. The summed E-state index contributed by atoms with van der Waals surface area (Å²) in [6, 6.07) is 43.8. The molecule has 0 aliphatic rings. The average molecular weight is 1030 g/mol. The maximum Gasteiger partial charge on any atom is 0.272 e. The number of hydrogen-bond donors (Lipinski definition) is 0. The van der Waals surface area contributed by atoms with Crippen LogP contribution in [-0.2, 0) is 48.1 Å². The quantitative estimate of drug-likeness (QED) is 0.123. The summed E-state index contributed by atoms with van der Waals surface area (Å²) in [6.45, 7) is 33.9. The Labute approximate surface area is 396 Å². The summed E-state index contributed by atoms with van der Waals surface area (Å²) >= 11 is 0. The van der Waals surface area contributed by atoms with E-state index in [2.05, 4.69) is 206 Å². The van der Waals surface area contributed by atoms with Crippen LogP contribution in [0.25, 0.3) is 50.4 Å². The Morgan fingerprint density at radius 3 is 1.69 bits per heavy atom. The summed E-state index contributed by atoms with van der Waals surface area (Å²) in [5.74, 6) is 2.75. The Kier molecular flexibility index (Phi) is 12.1. The second-order valence-electron chi connectivity index (χ2n) is 22.3. The minimum Gasteiger partial charge on any atom is -0.510 e. The molecule has 0 aliphatic carbocycles. The first-order valence-corrected chi connectivity index (χ1v) is 22.2. The molecule has 0 saturated carbocycles. The molecule has 0 saturated heterocycles. The molecule has 8 aromatic rings. The summed E-state index contributed by atoms with van der Waals surface area (Å²) < 4.78 is 12.8. The number of nitrogens with zero attached hydrogens (tertiary/aromatic N) is 5. The first kappa shape index (κ1) is 46.7. The SMILES string of the molecule is CC(C)(C)c1cc(-c2n[n+](-c3cc(C(C)(C)C)cc(C(C)(C)C)c3)[c-]n2-c2[c-]c(Oc3[c-]c4c(cc3)c3ccccc3n4-c3cc(C(C)(C)C)ccn3)ccc2)cc(C(C)(C)C)c1.[Pt]. The molecule has 64 heavy (non-hydrogen) atoms. The molecule has 0 spiro atoms. The van der Waals surface area contributed by atoms with Gasteiger partial charge in [0.1, 0.15) is 5.82 Å². The van der Waals surface area contributed by atoms with Crippen LogP contribution < -0.4 is 9.42 Å². The van der Waals surface area contributed by atoms with E-state index >= 15 is 0 Å². The van der Waals surface area contributed by atoms with Crippen molar-refractivity contribution in [2.75, 3.05) is 0 Å².